The SMILES string of the molecule is CC(Cl)c1nc2cc(I)ccc2n1CCc1nccn1C. The van der Waals surface area contributed by atoms with Crippen LogP contribution >= 0.6 is 34.2 Å². The van der Waals surface area contributed by atoms with Crippen molar-refractivity contribution < 1.29 is 0 Å². The second-order valence-corrected chi connectivity index (χ2v) is 6.98. The van der Waals surface area contributed by atoms with Gasteiger partial charge in [0.25, 0.3) is 0 Å². The van der Waals surface area contributed by atoms with Gasteiger partial charge in [-0.2, -0.15) is 0 Å². The van der Waals surface area contributed by atoms with E-state index in [1.807, 2.05) is 30.9 Å². The monoisotopic (exact) mass is 414 g/mol. The minimum absolute atomic E-state index is 0.114. The average molecular weight is 415 g/mol. The largest absolute Gasteiger partial charge is 0.338 e. The molecule has 0 N–H and O–H groups in total. The zero-order chi connectivity index (χ0) is 15.0. The normalized spacial score (nSPS) is 13.0. The van der Waals surface area contributed by atoms with Crippen molar-refractivity contribution in [3.05, 3.63) is 45.8 Å². The summed E-state index contributed by atoms with van der Waals surface area (Å²) in [5, 5.41) is -0.114. The highest BCUT2D eigenvalue weighted by Crippen LogP contribution is 2.26. The van der Waals surface area contributed by atoms with Crippen LogP contribution in [0.3, 0.4) is 0 Å². The molecule has 0 saturated heterocycles. The van der Waals surface area contributed by atoms with Crippen LogP contribution in [-0.4, -0.2) is 19.1 Å². The van der Waals surface area contributed by atoms with E-state index < -0.39 is 0 Å². The topological polar surface area (TPSA) is 35.6 Å². The molecular formula is C15H16ClIN4. The predicted molar refractivity (Wildman–Crippen MR) is 93.6 cm³/mol. The molecular weight excluding hydrogens is 399 g/mol. The molecule has 4 nitrogen and oxygen atoms in total. The highest BCUT2D eigenvalue weighted by molar-refractivity contribution is 14.1. The van der Waals surface area contributed by atoms with Crippen molar-refractivity contribution in [1.29, 1.82) is 0 Å². The first-order valence-corrected chi connectivity index (χ1v) is 8.33. The van der Waals surface area contributed by atoms with Gasteiger partial charge >= 0.3 is 0 Å². The number of hydrogen-bond donors (Lipinski definition) is 0. The summed E-state index contributed by atoms with van der Waals surface area (Å²) in [5.74, 6) is 1.98. The molecule has 1 aromatic carbocycles. The number of hydrogen-bond acceptors (Lipinski definition) is 2. The summed E-state index contributed by atoms with van der Waals surface area (Å²) in [6, 6.07) is 6.31. The molecule has 2 heterocycles. The minimum Gasteiger partial charge on any atom is -0.338 e. The Balaban J connectivity index is 1.99. The molecule has 0 bridgehead atoms. The van der Waals surface area contributed by atoms with Gasteiger partial charge in [-0.25, -0.2) is 9.97 Å². The first kappa shape index (κ1) is 14.8. The Kier molecular flexibility index (Phi) is 4.21. The molecule has 0 radical (unpaired) electrons. The number of rotatable bonds is 4. The molecule has 0 fully saturated rings. The Morgan fingerprint density at radius 1 is 1.38 bits per heavy atom. The maximum absolute atomic E-state index is 6.31. The second kappa shape index (κ2) is 5.96. The van der Waals surface area contributed by atoms with E-state index in [0.29, 0.717) is 0 Å². The van der Waals surface area contributed by atoms with Gasteiger partial charge in [0.2, 0.25) is 0 Å². The number of alkyl halides is 1. The molecule has 6 heteroatoms. The van der Waals surface area contributed by atoms with Crippen molar-refractivity contribution in [3.8, 4) is 0 Å². The summed E-state index contributed by atoms with van der Waals surface area (Å²) in [6.45, 7) is 2.79. The standard InChI is InChI=1S/C15H16ClIN4/c1-10(16)15-19-12-9-11(17)3-4-13(12)21(15)7-5-14-18-6-8-20(14)2/h3-4,6,8-10H,5,7H2,1-2H3. The van der Waals surface area contributed by atoms with Crippen LogP contribution < -0.4 is 0 Å². The molecule has 0 aliphatic carbocycles. The molecule has 1 atom stereocenters. The summed E-state index contributed by atoms with van der Waals surface area (Å²) in [7, 11) is 2.02. The van der Waals surface area contributed by atoms with Gasteiger partial charge in [-0.15, -0.1) is 11.6 Å². The predicted octanol–water partition coefficient (Wildman–Crippen LogP) is 3.92. The number of imidazole rings is 2. The molecule has 0 spiro atoms. The Morgan fingerprint density at radius 3 is 2.86 bits per heavy atom. The van der Waals surface area contributed by atoms with Crippen molar-refractivity contribution >= 4 is 45.2 Å². The molecule has 21 heavy (non-hydrogen) atoms. The molecule has 3 aromatic rings. The lowest BCUT2D eigenvalue weighted by Gasteiger charge is -2.10. The van der Waals surface area contributed by atoms with Crippen LogP contribution in [0.2, 0.25) is 0 Å². The third kappa shape index (κ3) is 2.94. The van der Waals surface area contributed by atoms with Crippen LogP contribution in [0.1, 0.15) is 23.9 Å². The van der Waals surface area contributed by atoms with Gasteiger partial charge in [0.15, 0.2) is 0 Å². The quantitative estimate of drug-likeness (QED) is 0.479. The number of benzene rings is 1. The lowest BCUT2D eigenvalue weighted by atomic mass is 10.3. The van der Waals surface area contributed by atoms with Gasteiger partial charge in [0.05, 0.1) is 16.4 Å². The first-order valence-electron chi connectivity index (χ1n) is 6.82. The Hall–Kier alpha value is -1.08. The van der Waals surface area contributed by atoms with Crippen LogP contribution in [0.5, 0.6) is 0 Å². The van der Waals surface area contributed by atoms with Gasteiger partial charge in [-0.3, -0.25) is 0 Å². The summed E-state index contributed by atoms with van der Waals surface area (Å²) in [4.78, 5) is 9.07. The van der Waals surface area contributed by atoms with Crippen molar-refractivity contribution in [2.45, 2.75) is 25.3 Å². The number of nitrogens with zero attached hydrogens (tertiary/aromatic N) is 4. The maximum Gasteiger partial charge on any atom is 0.127 e. The molecule has 0 aliphatic rings. The highest BCUT2D eigenvalue weighted by Gasteiger charge is 2.15. The fourth-order valence-corrected chi connectivity index (χ4v) is 3.15. The van der Waals surface area contributed by atoms with Gasteiger partial charge < -0.3 is 9.13 Å². The van der Waals surface area contributed by atoms with E-state index in [1.165, 1.54) is 3.57 Å². The van der Waals surface area contributed by atoms with Crippen molar-refractivity contribution in [2.24, 2.45) is 7.05 Å². The molecule has 3 rings (SSSR count). The van der Waals surface area contributed by atoms with Crippen molar-refractivity contribution in [1.82, 2.24) is 19.1 Å². The van der Waals surface area contributed by atoms with Gasteiger partial charge in [-0.1, -0.05) is 0 Å². The van der Waals surface area contributed by atoms with Gasteiger partial charge in [0, 0.05) is 36.0 Å². The summed E-state index contributed by atoms with van der Waals surface area (Å²) < 4.78 is 5.44. The zero-order valence-corrected chi connectivity index (χ0v) is 14.8. The fraction of sp³-hybridized carbons (Fsp3) is 0.333. The summed E-state index contributed by atoms with van der Waals surface area (Å²) in [5.41, 5.74) is 2.14. The first-order chi connectivity index (χ1) is 10.1. The van der Waals surface area contributed by atoms with Crippen molar-refractivity contribution in [3.63, 3.8) is 0 Å². The van der Waals surface area contributed by atoms with E-state index in [4.69, 9.17) is 16.6 Å². The molecule has 1 unspecified atom stereocenters. The van der Waals surface area contributed by atoms with E-state index in [-0.39, 0.29) is 5.38 Å². The Morgan fingerprint density at radius 2 is 2.19 bits per heavy atom. The van der Waals surface area contributed by atoms with Crippen LogP contribution in [0, 0.1) is 3.57 Å². The third-order valence-corrected chi connectivity index (χ3v) is 4.44. The van der Waals surface area contributed by atoms with Crippen molar-refractivity contribution in [2.75, 3.05) is 0 Å². The summed E-state index contributed by atoms with van der Waals surface area (Å²) >= 11 is 8.61. The van der Waals surface area contributed by atoms with Crippen LogP contribution in [0.15, 0.2) is 30.6 Å². The Bertz CT molecular complexity index is 775. The second-order valence-electron chi connectivity index (χ2n) is 5.08. The van der Waals surface area contributed by atoms with E-state index in [9.17, 15) is 0 Å². The number of fused-ring (bicyclic) bond motifs is 1. The molecule has 110 valence electrons. The molecule has 0 aliphatic heterocycles. The lowest BCUT2D eigenvalue weighted by molar-refractivity contribution is 0.634. The number of halogens is 2. The van der Waals surface area contributed by atoms with Gasteiger partial charge in [-0.05, 0) is 47.7 Å². The zero-order valence-electron chi connectivity index (χ0n) is 11.9. The van der Waals surface area contributed by atoms with Crippen LogP contribution in [0.4, 0.5) is 0 Å². The number of aryl methyl sites for hydroxylation is 3. The van der Waals surface area contributed by atoms with Crippen LogP contribution in [-0.2, 0) is 20.0 Å². The average Bonchev–Trinajstić information content (AvgIpc) is 2.99. The Labute approximate surface area is 142 Å². The smallest absolute Gasteiger partial charge is 0.127 e. The van der Waals surface area contributed by atoms with E-state index in [1.54, 1.807) is 0 Å². The van der Waals surface area contributed by atoms with E-state index >= 15 is 0 Å². The molecule has 2 aromatic heterocycles. The number of aromatic nitrogens is 4. The van der Waals surface area contributed by atoms with E-state index in [0.717, 1.165) is 35.6 Å². The lowest BCUT2D eigenvalue weighted by Crippen LogP contribution is -2.09. The maximum atomic E-state index is 6.31. The highest BCUT2D eigenvalue weighted by atomic mass is 127. The minimum atomic E-state index is -0.114. The van der Waals surface area contributed by atoms with E-state index in [2.05, 4.69) is 50.3 Å². The third-order valence-electron chi connectivity index (χ3n) is 3.58. The van der Waals surface area contributed by atoms with Crippen LogP contribution in [0.25, 0.3) is 11.0 Å². The summed E-state index contributed by atoms with van der Waals surface area (Å²) in [6.07, 6.45) is 4.65. The molecule has 0 amide bonds. The van der Waals surface area contributed by atoms with Gasteiger partial charge in [0.1, 0.15) is 11.6 Å². The fourth-order valence-electron chi connectivity index (χ4n) is 2.51. The molecule has 0 saturated carbocycles.